The summed E-state index contributed by atoms with van der Waals surface area (Å²) in [5.74, 6) is 0. The number of nitrogens with zero attached hydrogens (tertiary/aromatic N) is 3. The number of rotatable bonds is 3. The maximum absolute atomic E-state index is 13.4. The second-order valence-electron chi connectivity index (χ2n) is 7.35. The van der Waals surface area contributed by atoms with Crippen LogP contribution in [0.2, 0.25) is 0 Å². The second-order valence-corrected chi connectivity index (χ2v) is 8.41. The quantitative estimate of drug-likeness (QED) is 0.558. The van der Waals surface area contributed by atoms with Gasteiger partial charge in [-0.3, -0.25) is 14.2 Å². The van der Waals surface area contributed by atoms with Crippen LogP contribution in [0.5, 0.6) is 0 Å². The molecule has 0 aliphatic carbocycles. The van der Waals surface area contributed by atoms with E-state index in [2.05, 4.69) is 5.32 Å². The fourth-order valence-electron chi connectivity index (χ4n) is 3.82. The van der Waals surface area contributed by atoms with Gasteiger partial charge >= 0.3 is 0 Å². The molecule has 0 fully saturated rings. The van der Waals surface area contributed by atoms with Gasteiger partial charge in [0.25, 0.3) is 11.1 Å². The Labute approximate surface area is 176 Å². The fourth-order valence-corrected chi connectivity index (χ4v) is 4.95. The SMILES string of the molecule is CC1CCc2sc(=Nc3ccccc3)n3c(=O)/c(=C/Nc4ccccc4)c(=O)n1c23. The van der Waals surface area contributed by atoms with E-state index >= 15 is 0 Å². The van der Waals surface area contributed by atoms with Gasteiger partial charge in [-0.15, -0.1) is 0 Å². The Morgan fingerprint density at radius 3 is 2.47 bits per heavy atom. The number of nitrogens with one attached hydrogen (secondary N) is 1. The second kappa shape index (κ2) is 7.42. The van der Waals surface area contributed by atoms with Crippen molar-refractivity contribution < 1.29 is 0 Å². The minimum Gasteiger partial charge on any atom is -0.361 e. The molecule has 7 heteroatoms. The summed E-state index contributed by atoms with van der Waals surface area (Å²) in [5.41, 5.74) is 1.66. The van der Waals surface area contributed by atoms with Crippen LogP contribution in [-0.4, -0.2) is 8.97 Å². The number of anilines is 1. The van der Waals surface area contributed by atoms with Crippen molar-refractivity contribution in [2.75, 3.05) is 5.32 Å². The minimum atomic E-state index is -0.346. The smallest absolute Gasteiger partial charge is 0.272 e. The number of para-hydroxylation sites is 2. The van der Waals surface area contributed by atoms with Gasteiger partial charge in [-0.05, 0) is 44.0 Å². The Hall–Kier alpha value is -3.45. The molecule has 2 aromatic carbocycles. The van der Waals surface area contributed by atoms with E-state index in [0.717, 1.165) is 29.1 Å². The van der Waals surface area contributed by atoms with Crippen molar-refractivity contribution in [2.24, 2.45) is 4.99 Å². The Morgan fingerprint density at radius 2 is 1.73 bits per heavy atom. The molecule has 1 atom stereocenters. The number of hydrogen-bond donors (Lipinski definition) is 1. The van der Waals surface area contributed by atoms with E-state index in [1.807, 2.05) is 67.6 Å². The minimum absolute atomic E-state index is 0.0173. The summed E-state index contributed by atoms with van der Waals surface area (Å²) >= 11 is 1.48. The molecular weight excluding hydrogens is 396 g/mol. The predicted molar refractivity (Wildman–Crippen MR) is 120 cm³/mol. The van der Waals surface area contributed by atoms with Crippen LogP contribution in [0, 0.1) is 0 Å². The van der Waals surface area contributed by atoms with E-state index in [1.165, 1.54) is 17.5 Å². The van der Waals surface area contributed by atoms with Crippen molar-refractivity contribution in [1.29, 1.82) is 0 Å². The summed E-state index contributed by atoms with van der Waals surface area (Å²) in [6.45, 7) is 2.02. The normalized spacial score (nSPS) is 16.9. The Kier molecular flexibility index (Phi) is 4.59. The first-order chi connectivity index (χ1) is 14.6. The fraction of sp³-hybridized carbons (Fsp3) is 0.174. The molecule has 0 saturated heterocycles. The van der Waals surface area contributed by atoms with Crippen LogP contribution in [0.1, 0.15) is 24.3 Å². The van der Waals surface area contributed by atoms with E-state index in [9.17, 15) is 9.59 Å². The predicted octanol–water partition coefficient (Wildman–Crippen LogP) is 2.83. The molecule has 0 amide bonds. The summed E-state index contributed by atoms with van der Waals surface area (Å²) in [6, 6.07) is 19.1. The molecule has 1 aliphatic rings. The zero-order chi connectivity index (χ0) is 20.7. The van der Waals surface area contributed by atoms with Gasteiger partial charge in [-0.2, -0.15) is 0 Å². The van der Waals surface area contributed by atoms with Crippen molar-refractivity contribution in [3.05, 3.63) is 96.3 Å². The topological polar surface area (TPSA) is 67.9 Å². The lowest BCUT2D eigenvalue weighted by molar-refractivity contribution is 0.480. The third kappa shape index (κ3) is 3.07. The average Bonchev–Trinajstić information content (AvgIpc) is 3.12. The highest BCUT2D eigenvalue weighted by molar-refractivity contribution is 7.09. The van der Waals surface area contributed by atoms with Gasteiger partial charge in [0, 0.05) is 22.8 Å². The number of aryl methyl sites for hydroxylation is 1. The number of benzene rings is 2. The van der Waals surface area contributed by atoms with Crippen LogP contribution < -0.4 is 26.5 Å². The van der Waals surface area contributed by atoms with E-state index in [-0.39, 0.29) is 22.4 Å². The molecule has 0 spiro atoms. The zero-order valence-corrected chi connectivity index (χ0v) is 17.2. The van der Waals surface area contributed by atoms with E-state index in [4.69, 9.17) is 4.99 Å². The van der Waals surface area contributed by atoms with Crippen molar-refractivity contribution in [3.63, 3.8) is 0 Å². The lowest BCUT2D eigenvalue weighted by atomic mass is 10.1. The van der Waals surface area contributed by atoms with Crippen LogP contribution in [0.3, 0.4) is 0 Å². The summed E-state index contributed by atoms with van der Waals surface area (Å²) in [5, 5.41) is 3.20. The molecular formula is C23H20N4O2S. The van der Waals surface area contributed by atoms with Gasteiger partial charge < -0.3 is 5.32 Å². The molecule has 5 rings (SSSR count). The maximum atomic E-state index is 13.4. The highest BCUT2D eigenvalue weighted by Crippen LogP contribution is 2.26. The standard InChI is InChI=1S/C23H20N4O2S/c1-15-12-13-19-20-26(15)21(28)18(14-24-16-8-4-2-5-9-16)22(29)27(20)23(30-19)25-17-10-6-3-7-11-17/h2-11,14-15,24H,12-13H2,1H3/b18-14+,25-23?. The highest BCUT2D eigenvalue weighted by atomic mass is 32.1. The average molecular weight is 417 g/mol. The van der Waals surface area contributed by atoms with Crippen LogP contribution in [0.25, 0.3) is 11.8 Å². The molecule has 0 bridgehead atoms. The van der Waals surface area contributed by atoms with Crippen LogP contribution >= 0.6 is 11.3 Å². The summed E-state index contributed by atoms with van der Waals surface area (Å²) in [7, 11) is 0. The van der Waals surface area contributed by atoms with Crippen LogP contribution in [-0.2, 0) is 6.42 Å². The number of hydrogen-bond acceptors (Lipinski definition) is 5. The van der Waals surface area contributed by atoms with Gasteiger partial charge in [0.05, 0.1) is 5.69 Å². The third-order valence-electron chi connectivity index (χ3n) is 5.35. The molecule has 2 aromatic heterocycles. The molecule has 0 saturated carbocycles. The Morgan fingerprint density at radius 1 is 1.03 bits per heavy atom. The first kappa shape index (κ1) is 18.6. The lowest BCUT2D eigenvalue weighted by Crippen LogP contribution is -2.51. The zero-order valence-electron chi connectivity index (χ0n) is 16.4. The van der Waals surface area contributed by atoms with E-state index in [1.54, 1.807) is 8.97 Å². The van der Waals surface area contributed by atoms with E-state index in [0.29, 0.717) is 10.4 Å². The first-order valence-electron chi connectivity index (χ1n) is 9.88. The molecule has 6 nitrogen and oxygen atoms in total. The molecule has 150 valence electrons. The van der Waals surface area contributed by atoms with Crippen molar-refractivity contribution in [2.45, 2.75) is 25.8 Å². The van der Waals surface area contributed by atoms with E-state index < -0.39 is 0 Å². The summed E-state index contributed by atoms with van der Waals surface area (Å²) in [6.07, 6.45) is 3.21. The monoisotopic (exact) mass is 416 g/mol. The third-order valence-corrected chi connectivity index (χ3v) is 6.44. The van der Waals surface area contributed by atoms with Gasteiger partial charge in [-0.1, -0.05) is 47.7 Å². The molecule has 4 aromatic rings. The van der Waals surface area contributed by atoms with Gasteiger partial charge in [-0.25, -0.2) is 9.39 Å². The Balaban J connectivity index is 1.83. The Bertz CT molecular complexity index is 1470. The lowest BCUT2D eigenvalue weighted by Gasteiger charge is -2.21. The van der Waals surface area contributed by atoms with Crippen molar-refractivity contribution in [1.82, 2.24) is 8.97 Å². The molecule has 1 unspecified atom stereocenters. The van der Waals surface area contributed by atoms with Crippen LogP contribution in [0.4, 0.5) is 11.4 Å². The molecule has 3 heterocycles. The largest absolute Gasteiger partial charge is 0.361 e. The van der Waals surface area contributed by atoms with Gasteiger partial charge in [0.2, 0.25) is 0 Å². The van der Waals surface area contributed by atoms with Gasteiger partial charge in [0.1, 0.15) is 10.9 Å². The number of thiazole rings is 1. The first-order valence-corrected chi connectivity index (χ1v) is 10.7. The highest BCUT2D eigenvalue weighted by Gasteiger charge is 2.25. The number of aromatic nitrogens is 2. The summed E-state index contributed by atoms with van der Waals surface area (Å²) < 4.78 is 3.35. The maximum Gasteiger partial charge on any atom is 0.272 e. The van der Waals surface area contributed by atoms with Crippen molar-refractivity contribution in [3.8, 4) is 0 Å². The molecule has 0 radical (unpaired) electrons. The van der Waals surface area contributed by atoms with Crippen molar-refractivity contribution >= 4 is 34.6 Å². The molecule has 30 heavy (non-hydrogen) atoms. The van der Waals surface area contributed by atoms with Crippen LogP contribution in [0.15, 0.2) is 75.2 Å². The molecule has 1 N–H and O–H groups in total. The van der Waals surface area contributed by atoms with Gasteiger partial charge in [0.15, 0.2) is 4.80 Å². The molecule has 1 aliphatic heterocycles. The summed E-state index contributed by atoms with van der Waals surface area (Å²) in [4.78, 5) is 33.0.